The molecular formula is C20H29BrN2O4. The zero-order valence-electron chi connectivity index (χ0n) is 16.7. The summed E-state index contributed by atoms with van der Waals surface area (Å²) < 4.78 is 6.22. The molecule has 1 aromatic carbocycles. The summed E-state index contributed by atoms with van der Waals surface area (Å²) >= 11 is 3.43. The summed E-state index contributed by atoms with van der Waals surface area (Å²) in [6.45, 7) is 11.6. The Labute approximate surface area is 169 Å². The lowest BCUT2D eigenvalue weighted by Crippen LogP contribution is -2.48. The highest BCUT2D eigenvalue weighted by Gasteiger charge is 2.30. The van der Waals surface area contributed by atoms with Crippen LogP contribution in [0.5, 0.6) is 0 Å². The van der Waals surface area contributed by atoms with Gasteiger partial charge in [0.05, 0.1) is 5.56 Å². The number of halogens is 1. The Hall–Kier alpha value is -1.76. The minimum atomic E-state index is -0.925. The molecule has 27 heavy (non-hydrogen) atoms. The lowest BCUT2D eigenvalue weighted by Gasteiger charge is -2.40. The number of hydrogen-bond donors (Lipinski definition) is 1. The Bertz CT molecular complexity index is 707. The summed E-state index contributed by atoms with van der Waals surface area (Å²) in [7, 11) is 0. The summed E-state index contributed by atoms with van der Waals surface area (Å²) in [4.78, 5) is 27.8. The monoisotopic (exact) mass is 440 g/mol. The average molecular weight is 441 g/mol. The van der Waals surface area contributed by atoms with E-state index in [2.05, 4.69) is 27.8 Å². The molecule has 0 bridgehead atoms. The number of hydrogen-bond acceptors (Lipinski definition) is 4. The van der Waals surface area contributed by atoms with E-state index >= 15 is 0 Å². The average Bonchev–Trinajstić information content (AvgIpc) is 2.57. The molecule has 0 spiro atoms. The van der Waals surface area contributed by atoms with Gasteiger partial charge >= 0.3 is 12.1 Å². The number of likely N-dealkylation sites (tertiary alicyclic amines) is 1. The molecule has 1 N–H and O–H groups in total. The van der Waals surface area contributed by atoms with E-state index in [1.54, 1.807) is 11.0 Å². The first-order valence-electron chi connectivity index (χ1n) is 9.31. The van der Waals surface area contributed by atoms with E-state index in [9.17, 15) is 14.7 Å². The van der Waals surface area contributed by atoms with Crippen molar-refractivity contribution in [1.29, 1.82) is 0 Å². The molecule has 1 saturated heterocycles. The first-order valence-corrected chi connectivity index (χ1v) is 10.1. The Morgan fingerprint density at radius 3 is 2.37 bits per heavy atom. The molecule has 0 aromatic heterocycles. The van der Waals surface area contributed by atoms with E-state index in [0.717, 1.165) is 35.1 Å². The number of carboxylic acids is 1. The van der Waals surface area contributed by atoms with Crippen molar-refractivity contribution < 1.29 is 19.4 Å². The Morgan fingerprint density at radius 2 is 1.89 bits per heavy atom. The molecular weight excluding hydrogens is 412 g/mol. The topological polar surface area (TPSA) is 70.1 Å². The number of anilines is 1. The van der Waals surface area contributed by atoms with Gasteiger partial charge in [-0.3, -0.25) is 0 Å². The SMILES string of the molecule is CCN(c1cc(Br)cc(C(=O)O)c1C)C1CCN(C(=O)OC(C)(C)C)CC1. The molecule has 0 atom stereocenters. The van der Waals surface area contributed by atoms with Gasteiger partial charge in [0.15, 0.2) is 0 Å². The third-order valence-corrected chi connectivity index (χ3v) is 5.24. The van der Waals surface area contributed by atoms with Crippen LogP contribution in [0.3, 0.4) is 0 Å². The second-order valence-electron chi connectivity index (χ2n) is 7.89. The van der Waals surface area contributed by atoms with Crippen LogP contribution >= 0.6 is 15.9 Å². The van der Waals surface area contributed by atoms with Crippen molar-refractivity contribution in [3.05, 3.63) is 27.7 Å². The maximum atomic E-state index is 12.3. The van der Waals surface area contributed by atoms with Gasteiger partial charge in [-0.05, 0) is 65.2 Å². The van der Waals surface area contributed by atoms with Crippen LogP contribution in [0, 0.1) is 6.92 Å². The number of piperidine rings is 1. The Kier molecular flexibility index (Phi) is 6.78. The molecule has 0 radical (unpaired) electrons. The molecule has 1 aromatic rings. The van der Waals surface area contributed by atoms with Gasteiger partial charge in [0.1, 0.15) is 5.60 Å². The highest BCUT2D eigenvalue weighted by Crippen LogP contribution is 2.32. The van der Waals surface area contributed by atoms with Crippen LogP contribution in [-0.4, -0.2) is 53.3 Å². The van der Waals surface area contributed by atoms with Gasteiger partial charge in [-0.25, -0.2) is 9.59 Å². The van der Waals surface area contributed by atoms with Gasteiger partial charge in [-0.1, -0.05) is 15.9 Å². The predicted octanol–water partition coefficient (Wildman–Crippen LogP) is 4.68. The summed E-state index contributed by atoms with van der Waals surface area (Å²) in [5.41, 5.74) is 1.51. The molecule has 6 nitrogen and oxygen atoms in total. The van der Waals surface area contributed by atoms with Gasteiger partial charge in [-0.2, -0.15) is 0 Å². The van der Waals surface area contributed by atoms with Crippen LogP contribution in [-0.2, 0) is 4.74 Å². The highest BCUT2D eigenvalue weighted by molar-refractivity contribution is 9.10. The fourth-order valence-electron chi connectivity index (χ4n) is 3.50. The Balaban J connectivity index is 2.15. The molecule has 1 aliphatic heterocycles. The third kappa shape index (κ3) is 5.37. The van der Waals surface area contributed by atoms with Gasteiger partial charge in [0.2, 0.25) is 0 Å². The van der Waals surface area contributed by atoms with Crippen molar-refractivity contribution in [2.45, 2.75) is 59.1 Å². The molecule has 1 aliphatic rings. The van der Waals surface area contributed by atoms with Crippen molar-refractivity contribution in [2.24, 2.45) is 0 Å². The summed E-state index contributed by atoms with van der Waals surface area (Å²) in [6.07, 6.45) is 1.37. The molecule has 1 amide bonds. The van der Waals surface area contributed by atoms with Gasteiger partial charge < -0.3 is 19.6 Å². The predicted molar refractivity (Wildman–Crippen MR) is 110 cm³/mol. The maximum Gasteiger partial charge on any atom is 0.410 e. The van der Waals surface area contributed by atoms with Crippen molar-refractivity contribution in [3.8, 4) is 0 Å². The number of ether oxygens (including phenoxy) is 1. The normalized spacial score (nSPS) is 15.6. The first kappa shape index (κ1) is 21.5. The van der Waals surface area contributed by atoms with Crippen LogP contribution in [0.25, 0.3) is 0 Å². The summed E-state index contributed by atoms with van der Waals surface area (Å²) in [5, 5.41) is 9.47. The molecule has 0 saturated carbocycles. The zero-order chi connectivity index (χ0) is 20.4. The molecule has 7 heteroatoms. The summed E-state index contributed by atoms with van der Waals surface area (Å²) in [6, 6.07) is 3.87. The van der Waals surface area contributed by atoms with Crippen LogP contribution in [0.2, 0.25) is 0 Å². The van der Waals surface area contributed by atoms with Crippen molar-refractivity contribution in [3.63, 3.8) is 0 Å². The second kappa shape index (κ2) is 8.50. The Morgan fingerprint density at radius 1 is 1.30 bits per heavy atom. The molecule has 1 heterocycles. The highest BCUT2D eigenvalue weighted by atomic mass is 79.9. The number of aromatic carboxylic acids is 1. The van der Waals surface area contributed by atoms with Gasteiger partial charge in [0.25, 0.3) is 0 Å². The number of benzene rings is 1. The van der Waals surface area contributed by atoms with Gasteiger partial charge in [-0.15, -0.1) is 0 Å². The maximum absolute atomic E-state index is 12.3. The number of nitrogens with zero attached hydrogens (tertiary/aromatic N) is 2. The van der Waals surface area contributed by atoms with E-state index in [1.165, 1.54) is 0 Å². The van der Waals surface area contributed by atoms with Crippen molar-refractivity contribution in [2.75, 3.05) is 24.5 Å². The van der Waals surface area contributed by atoms with Crippen LogP contribution < -0.4 is 4.90 Å². The number of carbonyl (C=O) groups excluding carboxylic acids is 1. The second-order valence-corrected chi connectivity index (χ2v) is 8.80. The number of carboxylic acid groups (broad SMARTS) is 1. The van der Waals surface area contributed by atoms with Crippen LogP contribution in [0.1, 0.15) is 56.5 Å². The quantitative estimate of drug-likeness (QED) is 0.735. The molecule has 1 fully saturated rings. The number of rotatable bonds is 4. The van der Waals surface area contributed by atoms with Crippen LogP contribution in [0.15, 0.2) is 16.6 Å². The summed E-state index contributed by atoms with van der Waals surface area (Å²) in [5.74, 6) is -0.925. The van der Waals surface area contributed by atoms with Gasteiger partial charge in [0, 0.05) is 35.8 Å². The van der Waals surface area contributed by atoms with Crippen LogP contribution in [0.4, 0.5) is 10.5 Å². The van der Waals surface area contributed by atoms with E-state index in [1.807, 2.05) is 33.8 Å². The van der Waals surface area contributed by atoms with Crippen molar-refractivity contribution in [1.82, 2.24) is 4.90 Å². The molecule has 0 aliphatic carbocycles. The number of carbonyl (C=O) groups is 2. The molecule has 2 rings (SSSR count). The minimum Gasteiger partial charge on any atom is -0.478 e. The fraction of sp³-hybridized carbons (Fsp3) is 0.600. The van der Waals surface area contributed by atoms with E-state index in [-0.39, 0.29) is 12.1 Å². The van der Waals surface area contributed by atoms with Crippen molar-refractivity contribution >= 4 is 33.7 Å². The standard InChI is InChI=1S/C20H29BrN2O4/c1-6-23(17-12-14(21)11-16(13(17)2)18(24)25)15-7-9-22(10-8-15)19(26)27-20(3,4)5/h11-12,15H,6-10H2,1-5H3,(H,24,25). The zero-order valence-corrected chi connectivity index (χ0v) is 18.3. The number of amides is 1. The van der Waals surface area contributed by atoms with E-state index in [4.69, 9.17) is 4.74 Å². The minimum absolute atomic E-state index is 0.253. The van der Waals surface area contributed by atoms with E-state index in [0.29, 0.717) is 18.7 Å². The fourth-order valence-corrected chi connectivity index (χ4v) is 3.94. The smallest absolute Gasteiger partial charge is 0.410 e. The lowest BCUT2D eigenvalue weighted by molar-refractivity contribution is 0.0204. The third-order valence-electron chi connectivity index (χ3n) is 4.78. The first-order chi connectivity index (χ1) is 12.5. The molecule has 150 valence electrons. The van der Waals surface area contributed by atoms with E-state index < -0.39 is 11.6 Å². The lowest BCUT2D eigenvalue weighted by atomic mass is 9.99. The largest absolute Gasteiger partial charge is 0.478 e. The molecule has 0 unspecified atom stereocenters.